The molecule has 0 unspecified atom stereocenters. The van der Waals surface area contributed by atoms with Crippen molar-refractivity contribution in [2.75, 3.05) is 7.11 Å². The Labute approximate surface area is 121 Å². The van der Waals surface area contributed by atoms with Crippen molar-refractivity contribution in [1.29, 1.82) is 0 Å². The Morgan fingerprint density at radius 2 is 2.10 bits per heavy atom. The predicted octanol–water partition coefficient (Wildman–Crippen LogP) is 3.65. The van der Waals surface area contributed by atoms with Crippen LogP contribution in [0.5, 0.6) is 5.75 Å². The third kappa shape index (κ3) is 2.40. The second-order valence-corrected chi connectivity index (χ2v) is 4.81. The van der Waals surface area contributed by atoms with Crippen molar-refractivity contribution in [2.24, 2.45) is 0 Å². The lowest BCUT2D eigenvalue weighted by Crippen LogP contribution is -2.02. The Bertz CT molecular complexity index is 808. The van der Waals surface area contributed by atoms with Crippen LogP contribution in [0.3, 0.4) is 0 Å². The van der Waals surface area contributed by atoms with Crippen molar-refractivity contribution in [3.63, 3.8) is 0 Å². The molecule has 0 spiro atoms. The molecule has 0 fully saturated rings. The van der Waals surface area contributed by atoms with Crippen molar-refractivity contribution in [3.05, 3.63) is 65.6 Å². The minimum Gasteiger partial charge on any atom is -0.494 e. The summed E-state index contributed by atoms with van der Waals surface area (Å²) in [6.45, 7) is 0.384. The van der Waals surface area contributed by atoms with Crippen molar-refractivity contribution >= 4 is 17.2 Å². The fourth-order valence-corrected chi connectivity index (χ4v) is 2.43. The van der Waals surface area contributed by atoms with Gasteiger partial charge in [-0.3, -0.25) is 4.79 Å². The molecule has 0 radical (unpaired) electrons. The normalized spacial score (nSPS) is 10.8. The molecule has 0 aliphatic carbocycles. The van der Waals surface area contributed by atoms with E-state index in [9.17, 15) is 9.18 Å². The molecule has 0 bridgehead atoms. The monoisotopic (exact) mass is 283 g/mol. The summed E-state index contributed by atoms with van der Waals surface area (Å²) in [5.74, 6) is -0.120. The average Bonchev–Trinajstić information content (AvgIpc) is 2.91. The number of hydrogen-bond donors (Lipinski definition) is 0. The lowest BCUT2D eigenvalue weighted by molar-refractivity contribution is 0.112. The molecule has 0 amide bonds. The third-order valence-electron chi connectivity index (χ3n) is 3.54. The predicted molar refractivity (Wildman–Crippen MR) is 79.4 cm³/mol. The van der Waals surface area contributed by atoms with E-state index in [0.717, 1.165) is 17.2 Å². The van der Waals surface area contributed by atoms with Crippen molar-refractivity contribution in [1.82, 2.24) is 4.57 Å². The lowest BCUT2D eigenvalue weighted by atomic mass is 10.1. The Kier molecular flexibility index (Phi) is 3.44. The van der Waals surface area contributed by atoms with Gasteiger partial charge in [0.1, 0.15) is 6.29 Å². The highest BCUT2D eigenvalue weighted by Crippen LogP contribution is 2.23. The minimum absolute atomic E-state index is 0.234. The smallest absolute Gasteiger partial charge is 0.170 e. The number of aldehydes is 1. The highest BCUT2D eigenvalue weighted by atomic mass is 19.1. The summed E-state index contributed by atoms with van der Waals surface area (Å²) in [6, 6.07) is 12.5. The molecule has 0 atom stereocenters. The number of ether oxygens (including phenoxy) is 1. The number of carbonyl (C=O) groups is 1. The fraction of sp³-hybridized carbons (Fsp3) is 0.118. The minimum atomic E-state index is -0.353. The van der Waals surface area contributed by atoms with E-state index in [4.69, 9.17) is 4.74 Å². The summed E-state index contributed by atoms with van der Waals surface area (Å²) in [6.07, 6.45) is 2.70. The van der Waals surface area contributed by atoms with Gasteiger partial charge in [0.2, 0.25) is 0 Å². The zero-order chi connectivity index (χ0) is 14.8. The van der Waals surface area contributed by atoms with Crippen LogP contribution in [-0.4, -0.2) is 18.0 Å². The summed E-state index contributed by atoms with van der Waals surface area (Å²) in [5.41, 5.74) is 2.05. The molecular weight excluding hydrogens is 269 g/mol. The first kappa shape index (κ1) is 13.4. The fourth-order valence-electron chi connectivity index (χ4n) is 2.43. The molecule has 0 saturated heterocycles. The van der Waals surface area contributed by atoms with Crippen LogP contribution in [-0.2, 0) is 6.54 Å². The molecule has 0 aliphatic heterocycles. The standard InChI is InChI=1S/C17H14FNO2/c1-21-16-4-2-3-14(17(16)18)10-19-8-7-13-6-5-12(11-20)9-15(13)19/h2-9,11H,10H2,1H3. The van der Waals surface area contributed by atoms with Gasteiger partial charge in [-0.2, -0.15) is 0 Å². The van der Waals surface area contributed by atoms with Crippen molar-refractivity contribution in [3.8, 4) is 5.75 Å². The molecule has 0 N–H and O–H groups in total. The van der Waals surface area contributed by atoms with Crippen LogP contribution >= 0.6 is 0 Å². The molecule has 0 saturated carbocycles. The summed E-state index contributed by atoms with van der Waals surface area (Å²) in [7, 11) is 1.45. The molecule has 0 aliphatic rings. The molecule has 1 heterocycles. The average molecular weight is 283 g/mol. The van der Waals surface area contributed by atoms with Gasteiger partial charge in [0.05, 0.1) is 13.7 Å². The first-order valence-electron chi connectivity index (χ1n) is 6.58. The zero-order valence-corrected chi connectivity index (χ0v) is 11.5. The van der Waals surface area contributed by atoms with E-state index in [1.165, 1.54) is 7.11 Å². The van der Waals surface area contributed by atoms with Gasteiger partial charge in [-0.15, -0.1) is 0 Å². The van der Waals surface area contributed by atoms with Gasteiger partial charge >= 0.3 is 0 Å². The second-order valence-electron chi connectivity index (χ2n) is 4.81. The van der Waals surface area contributed by atoms with Gasteiger partial charge in [0.15, 0.2) is 11.6 Å². The van der Waals surface area contributed by atoms with Gasteiger partial charge < -0.3 is 9.30 Å². The molecule has 1 aromatic heterocycles. The topological polar surface area (TPSA) is 31.2 Å². The van der Waals surface area contributed by atoms with Crippen LogP contribution < -0.4 is 4.74 Å². The Morgan fingerprint density at radius 1 is 1.24 bits per heavy atom. The number of aromatic nitrogens is 1. The third-order valence-corrected chi connectivity index (χ3v) is 3.54. The maximum absolute atomic E-state index is 14.2. The summed E-state index contributed by atoms with van der Waals surface area (Å²) in [4.78, 5) is 10.9. The summed E-state index contributed by atoms with van der Waals surface area (Å²) < 4.78 is 21.1. The zero-order valence-electron chi connectivity index (χ0n) is 11.5. The van der Waals surface area contributed by atoms with Gasteiger partial charge in [-0.05, 0) is 23.6 Å². The van der Waals surface area contributed by atoms with Crippen LogP contribution in [0, 0.1) is 5.82 Å². The van der Waals surface area contributed by atoms with Crippen LogP contribution in [0.1, 0.15) is 15.9 Å². The summed E-state index contributed by atoms with van der Waals surface area (Å²) >= 11 is 0. The second kappa shape index (κ2) is 5.40. The quantitative estimate of drug-likeness (QED) is 0.684. The number of rotatable bonds is 4. The maximum Gasteiger partial charge on any atom is 0.170 e. The van der Waals surface area contributed by atoms with Crippen LogP contribution in [0.2, 0.25) is 0 Å². The first-order chi connectivity index (χ1) is 10.2. The number of fused-ring (bicyclic) bond motifs is 1. The SMILES string of the molecule is COc1cccc(Cn2ccc3ccc(C=O)cc32)c1F. The van der Waals surface area contributed by atoms with E-state index < -0.39 is 0 Å². The molecule has 3 rings (SSSR count). The number of nitrogens with zero attached hydrogens (tertiary/aromatic N) is 1. The number of carbonyl (C=O) groups excluding carboxylic acids is 1. The Hall–Kier alpha value is -2.62. The lowest BCUT2D eigenvalue weighted by Gasteiger charge is -2.09. The van der Waals surface area contributed by atoms with Gasteiger partial charge in [0, 0.05) is 22.8 Å². The van der Waals surface area contributed by atoms with E-state index in [2.05, 4.69) is 0 Å². The molecule has 106 valence electrons. The number of hydrogen-bond acceptors (Lipinski definition) is 2. The molecule has 3 nitrogen and oxygen atoms in total. The van der Waals surface area contributed by atoms with Crippen LogP contribution in [0.15, 0.2) is 48.7 Å². The molecule has 3 aromatic rings. The van der Waals surface area contributed by atoms with E-state index in [0.29, 0.717) is 17.7 Å². The number of methoxy groups -OCH3 is 1. The van der Waals surface area contributed by atoms with E-state index >= 15 is 0 Å². The van der Waals surface area contributed by atoms with E-state index in [1.807, 2.05) is 22.9 Å². The Balaban J connectivity index is 2.04. The van der Waals surface area contributed by atoms with Gasteiger partial charge in [0.25, 0.3) is 0 Å². The molecule has 4 heteroatoms. The van der Waals surface area contributed by atoms with Gasteiger partial charge in [-0.25, -0.2) is 4.39 Å². The van der Waals surface area contributed by atoms with Gasteiger partial charge in [-0.1, -0.05) is 24.3 Å². The van der Waals surface area contributed by atoms with E-state index in [-0.39, 0.29) is 11.6 Å². The number of benzene rings is 2. The molecule has 2 aromatic carbocycles. The largest absolute Gasteiger partial charge is 0.494 e. The highest BCUT2D eigenvalue weighted by molar-refractivity contribution is 5.87. The van der Waals surface area contributed by atoms with Crippen LogP contribution in [0.25, 0.3) is 10.9 Å². The Morgan fingerprint density at radius 3 is 2.86 bits per heavy atom. The van der Waals surface area contributed by atoms with E-state index in [1.54, 1.807) is 30.3 Å². The van der Waals surface area contributed by atoms with Crippen molar-refractivity contribution < 1.29 is 13.9 Å². The van der Waals surface area contributed by atoms with Crippen molar-refractivity contribution in [2.45, 2.75) is 6.54 Å². The maximum atomic E-state index is 14.2. The van der Waals surface area contributed by atoms with Crippen LogP contribution in [0.4, 0.5) is 4.39 Å². The number of halogens is 1. The summed E-state index contributed by atoms with van der Waals surface area (Å²) in [5, 5.41) is 1.02. The highest BCUT2D eigenvalue weighted by Gasteiger charge is 2.10. The molecule has 21 heavy (non-hydrogen) atoms. The molecular formula is C17H14FNO2. The first-order valence-corrected chi connectivity index (χ1v) is 6.58.